The fraction of sp³-hybridized carbons (Fsp3) is 0.526. The van der Waals surface area contributed by atoms with Crippen LogP contribution in [0.5, 0.6) is 0 Å². The van der Waals surface area contributed by atoms with Crippen LogP contribution < -0.4 is 5.32 Å². The number of urea groups is 1. The number of anilines is 1. The lowest BCUT2D eigenvalue weighted by Gasteiger charge is -2.36. The van der Waals surface area contributed by atoms with Gasteiger partial charge in [0, 0.05) is 12.2 Å². The van der Waals surface area contributed by atoms with Crippen molar-refractivity contribution in [2.24, 2.45) is 5.92 Å². The second-order valence-corrected chi connectivity index (χ2v) is 6.47. The van der Waals surface area contributed by atoms with Crippen molar-refractivity contribution in [1.82, 2.24) is 4.90 Å². The Morgan fingerprint density at radius 3 is 3.00 bits per heavy atom. The number of benzene rings is 1. The third kappa shape index (κ3) is 5.10. The SMILES string of the molecule is C=CCCc1ccccc1NC(=O)N1CCOC[C@@H]1CC(C)C. The van der Waals surface area contributed by atoms with E-state index in [1.165, 1.54) is 0 Å². The topological polar surface area (TPSA) is 41.6 Å². The zero-order valence-electron chi connectivity index (χ0n) is 14.3. The van der Waals surface area contributed by atoms with Gasteiger partial charge in [0.25, 0.3) is 0 Å². The van der Waals surface area contributed by atoms with Crippen LogP contribution in [0.15, 0.2) is 36.9 Å². The molecule has 2 amide bonds. The lowest BCUT2D eigenvalue weighted by molar-refractivity contribution is 0.00857. The molecule has 1 atom stereocenters. The first-order valence-corrected chi connectivity index (χ1v) is 8.46. The van der Waals surface area contributed by atoms with Crippen molar-refractivity contribution in [2.75, 3.05) is 25.1 Å². The maximum absolute atomic E-state index is 12.7. The number of carbonyl (C=O) groups is 1. The molecule has 0 saturated carbocycles. The molecule has 0 radical (unpaired) electrons. The maximum Gasteiger partial charge on any atom is 0.322 e. The number of hydrogen-bond acceptors (Lipinski definition) is 2. The highest BCUT2D eigenvalue weighted by Gasteiger charge is 2.28. The molecule has 1 aromatic rings. The number of allylic oxidation sites excluding steroid dienone is 1. The Morgan fingerprint density at radius 2 is 2.26 bits per heavy atom. The number of nitrogens with zero attached hydrogens (tertiary/aromatic N) is 1. The number of rotatable bonds is 6. The highest BCUT2D eigenvalue weighted by atomic mass is 16.5. The minimum absolute atomic E-state index is 0.0231. The first kappa shape index (κ1) is 17.5. The van der Waals surface area contributed by atoms with Gasteiger partial charge < -0.3 is 15.0 Å². The molecule has 0 aliphatic carbocycles. The third-order valence-corrected chi connectivity index (χ3v) is 4.11. The number of aryl methyl sites for hydroxylation is 1. The van der Waals surface area contributed by atoms with Gasteiger partial charge in [-0.15, -0.1) is 6.58 Å². The molecular formula is C19H28N2O2. The molecule has 23 heavy (non-hydrogen) atoms. The summed E-state index contributed by atoms with van der Waals surface area (Å²) in [6.45, 7) is 10.0. The molecule has 1 aliphatic heterocycles. The van der Waals surface area contributed by atoms with Gasteiger partial charge in [-0.3, -0.25) is 0 Å². The molecule has 1 fully saturated rings. The first-order valence-electron chi connectivity index (χ1n) is 8.46. The Hall–Kier alpha value is -1.81. The smallest absolute Gasteiger partial charge is 0.322 e. The van der Waals surface area contributed by atoms with Gasteiger partial charge in [0.1, 0.15) is 0 Å². The van der Waals surface area contributed by atoms with E-state index < -0.39 is 0 Å². The minimum atomic E-state index is -0.0231. The second kappa shape index (κ2) is 8.73. The van der Waals surface area contributed by atoms with E-state index in [0.29, 0.717) is 25.7 Å². The molecule has 1 aliphatic rings. The van der Waals surface area contributed by atoms with Crippen molar-refractivity contribution >= 4 is 11.7 Å². The molecule has 0 spiro atoms. The van der Waals surface area contributed by atoms with Gasteiger partial charge in [-0.05, 0) is 36.8 Å². The molecule has 4 nitrogen and oxygen atoms in total. The van der Waals surface area contributed by atoms with Crippen LogP contribution >= 0.6 is 0 Å². The molecule has 126 valence electrons. The van der Waals surface area contributed by atoms with Crippen LogP contribution in [0.2, 0.25) is 0 Å². The van der Waals surface area contributed by atoms with Crippen LogP contribution in [-0.2, 0) is 11.2 Å². The molecule has 0 unspecified atom stereocenters. The number of hydrogen-bond donors (Lipinski definition) is 1. The summed E-state index contributed by atoms with van der Waals surface area (Å²) in [5.41, 5.74) is 2.04. The average molecular weight is 316 g/mol. The summed E-state index contributed by atoms with van der Waals surface area (Å²) in [6, 6.07) is 8.12. The van der Waals surface area contributed by atoms with E-state index in [-0.39, 0.29) is 12.1 Å². The highest BCUT2D eigenvalue weighted by molar-refractivity contribution is 5.90. The molecule has 1 saturated heterocycles. The van der Waals surface area contributed by atoms with Gasteiger partial charge in [0.05, 0.1) is 19.3 Å². The average Bonchev–Trinajstić information content (AvgIpc) is 2.54. The molecule has 4 heteroatoms. The van der Waals surface area contributed by atoms with Crippen LogP contribution in [0.25, 0.3) is 0 Å². The Labute approximate surface area is 139 Å². The van der Waals surface area contributed by atoms with Gasteiger partial charge in [-0.25, -0.2) is 4.79 Å². The molecule has 2 rings (SSSR count). The number of para-hydroxylation sites is 1. The fourth-order valence-corrected chi connectivity index (χ4v) is 2.97. The number of amides is 2. The molecule has 0 bridgehead atoms. The summed E-state index contributed by atoms with van der Waals surface area (Å²) in [7, 11) is 0. The summed E-state index contributed by atoms with van der Waals surface area (Å²) in [4.78, 5) is 14.6. The Bertz CT molecular complexity index is 528. The summed E-state index contributed by atoms with van der Waals surface area (Å²) >= 11 is 0. The normalized spacial score (nSPS) is 18.0. The largest absolute Gasteiger partial charge is 0.377 e. The number of ether oxygens (including phenoxy) is 1. The van der Waals surface area contributed by atoms with Crippen molar-refractivity contribution in [3.8, 4) is 0 Å². The third-order valence-electron chi connectivity index (χ3n) is 4.11. The number of carbonyl (C=O) groups excluding carboxylic acids is 1. The van der Waals surface area contributed by atoms with Gasteiger partial charge in [0.2, 0.25) is 0 Å². The van der Waals surface area contributed by atoms with Gasteiger partial charge in [-0.1, -0.05) is 38.1 Å². The van der Waals surface area contributed by atoms with Crippen molar-refractivity contribution < 1.29 is 9.53 Å². The molecule has 0 aromatic heterocycles. The van der Waals surface area contributed by atoms with E-state index in [2.05, 4.69) is 31.8 Å². The molecule has 1 aromatic carbocycles. The summed E-state index contributed by atoms with van der Waals surface area (Å²) in [6.07, 6.45) is 4.66. The highest BCUT2D eigenvalue weighted by Crippen LogP contribution is 2.20. The minimum Gasteiger partial charge on any atom is -0.377 e. The van der Waals surface area contributed by atoms with Crippen LogP contribution in [0.1, 0.15) is 32.3 Å². The van der Waals surface area contributed by atoms with Crippen molar-refractivity contribution in [3.63, 3.8) is 0 Å². The lowest BCUT2D eigenvalue weighted by Crippen LogP contribution is -2.50. The van der Waals surface area contributed by atoms with E-state index in [9.17, 15) is 4.79 Å². The Kier molecular flexibility index (Phi) is 6.66. The van der Waals surface area contributed by atoms with E-state index >= 15 is 0 Å². The van der Waals surface area contributed by atoms with Crippen molar-refractivity contribution in [2.45, 2.75) is 39.2 Å². The van der Waals surface area contributed by atoms with Crippen molar-refractivity contribution in [1.29, 1.82) is 0 Å². The van der Waals surface area contributed by atoms with Gasteiger partial charge in [0.15, 0.2) is 0 Å². The zero-order valence-corrected chi connectivity index (χ0v) is 14.3. The van der Waals surface area contributed by atoms with Crippen molar-refractivity contribution in [3.05, 3.63) is 42.5 Å². The van der Waals surface area contributed by atoms with E-state index in [4.69, 9.17) is 4.74 Å². The standard InChI is InChI=1S/C19H28N2O2/c1-4-5-8-16-9-6-7-10-18(16)20-19(22)21-11-12-23-14-17(21)13-15(2)3/h4,6-7,9-10,15,17H,1,5,8,11-14H2,2-3H3,(H,20,22)/t17-/m0/s1. The molecule has 1 heterocycles. The van der Waals surface area contributed by atoms with E-state index in [1.54, 1.807) is 0 Å². The van der Waals surface area contributed by atoms with E-state index in [0.717, 1.165) is 30.5 Å². The van der Waals surface area contributed by atoms with Gasteiger partial charge in [-0.2, -0.15) is 0 Å². The maximum atomic E-state index is 12.7. The van der Waals surface area contributed by atoms with Crippen LogP contribution in [-0.4, -0.2) is 36.7 Å². The number of morpholine rings is 1. The van der Waals surface area contributed by atoms with Crippen LogP contribution in [0.4, 0.5) is 10.5 Å². The van der Waals surface area contributed by atoms with E-state index in [1.807, 2.05) is 29.2 Å². The monoisotopic (exact) mass is 316 g/mol. The zero-order chi connectivity index (χ0) is 16.7. The van der Waals surface area contributed by atoms with Gasteiger partial charge >= 0.3 is 6.03 Å². The number of nitrogens with one attached hydrogen (secondary N) is 1. The Morgan fingerprint density at radius 1 is 1.48 bits per heavy atom. The van der Waals surface area contributed by atoms with Crippen LogP contribution in [0.3, 0.4) is 0 Å². The Balaban J connectivity index is 2.06. The summed E-state index contributed by atoms with van der Waals surface area (Å²) in [5, 5.41) is 3.09. The lowest BCUT2D eigenvalue weighted by atomic mass is 10.0. The predicted molar refractivity (Wildman–Crippen MR) is 94.7 cm³/mol. The summed E-state index contributed by atoms with van der Waals surface area (Å²) < 4.78 is 5.56. The quantitative estimate of drug-likeness (QED) is 0.803. The molecular weight excluding hydrogens is 288 g/mol. The van der Waals surface area contributed by atoms with Crippen LogP contribution in [0, 0.1) is 5.92 Å². The fourth-order valence-electron chi connectivity index (χ4n) is 2.97. The second-order valence-electron chi connectivity index (χ2n) is 6.47. The predicted octanol–water partition coefficient (Wildman–Crippen LogP) is 4.08. The molecule has 1 N–H and O–H groups in total. The summed E-state index contributed by atoms with van der Waals surface area (Å²) in [5.74, 6) is 0.539. The first-order chi connectivity index (χ1) is 11.1.